The van der Waals surface area contributed by atoms with E-state index in [-0.39, 0.29) is 5.44 Å². The molecule has 2 nitrogen and oxygen atoms in total. The molecule has 0 spiro atoms. The summed E-state index contributed by atoms with van der Waals surface area (Å²) >= 11 is 1.83. The zero-order chi connectivity index (χ0) is 8.23. The molecule has 0 radical (unpaired) electrons. The van der Waals surface area contributed by atoms with Crippen LogP contribution in [0.5, 0.6) is 0 Å². The monoisotopic (exact) mass is 181 g/mol. The molecule has 3 heteroatoms. The van der Waals surface area contributed by atoms with Gasteiger partial charge in [-0.1, -0.05) is 6.07 Å². The van der Waals surface area contributed by atoms with E-state index in [4.69, 9.17) is 4.74 Å². The minimum Gasteiger partial charge on any atom is -0.361 e. The van der Waals surface area contributed by atoms with Crippen LogP contribution in [0.4, 0.5) is 0 Å². The summed E-state index contributed by atoms with van der Waals surface area (Å²) < 4.78 is 5.56. The molecule has 0 N–H and O–H groups in total. The highest BCUT2D eigenvalue weighted by Crippen LogP contribution is 2.32. The van der Waals surface area contributed by atoms with Crippen molar-refractivity contribution >= 4 is 11.8 Å². The molecule has 1 aliphatic heterocycles. The second kappa shape index (κ2) is 3.92. The molecule has 1 saturated heterocycles. The smallest absolute Gasteiger partial charge is 0.145 e. The lowest BCUT2D eigenvalue weighted by molar-refractivity contribution is 0.104. The van der Waals surface area contributed by atoms with Crippen molar-refractivity contribution in [1.82, 2.24) is 4.98 Å². The number of rotatable bonds is 1. The fourth-order valence-corrected chi connectivity index (χ4v) is 2.18. The molecule has 2 rings (SSSR count). The van der Waals surface area contributed by atoms with Crippen LogP contribution in [0.25, 0.3) is 0 Å². The first-order valence-corrected chi connectivity index (χ1v) is 5.16. The molecular formula is C9H11NOS. The van der Waals surface area contributed by atoms with Gasteiger partial charge in [0.25, 0.3) is 0 Å². The lowest BCUT2D eigenvalue weighted by Crippen LogP contribution is -2.10. The van der Waals surface area contributed by atoms with Gasteiger partial charge < -0.3 is 4.74 Å². The summed E-state index contributed by atoms with van der Waals surface area (Å²) in [6.07, 6.45) is 2.97. The van der Waals surface area contributed by atoms with E-state index >= 15 is 0 Å². The molecule has 2 heterocycles. The van der Waals surface area contributed by atoms with Crippen LogP contribution in [0, 0.1) is 0 Å². The Morgan fingerprint density at radius 2 is 2.50 bits per heavy atom. The lowest BCUT2D eigenvalue weighted by atomic mass is 10.4. The van der Waals surface area contributed by atoms with Crippen LogP contribution in [0.1, 0.15) is 17.6 Å². The lowest BCUT2D eigenvalue weighted by Gasteiger charge is -2.21. The fourth-order valence-electron chi connectivity index (χ4n) is 1.17. The van der Waals surface area contributed by atoms with Gasteiger partial charge in [0.2, 0.25) is 0 Å². The number of hydrogen-bond donors (Lipinski definition) is 0. The highest BCUT2D eigenvalue weighted by Gasteiger charge is 2.16. The maximum Gasteiger partial charge on any atom is 0.145 e. The van der Waals surface area contributed by atoms with E-state index in [1.807, 2.05) is 36.2 Å². The van der Waals surface area contributed by atoms with Gasteiger partial charge in [0.1, 0.15) is 5.44 Å². The van der Waals surface area contributed by atoms with E-state index in [1.54, 1.807) is 0 Å². The molecule has 0 bridgehead atoms. The van der Waals surface area contributed by atoms with E-state index in [0.717, 1.165) is 18.7 Å². The number of ether oxygens (including phenoxy) is 1. The topological polar surface area (TPSA) is 22.1 Å². The van der Waals surface area contributed by atoms with Gasteiger partial charge in [-0.05, 0) is 24.3 Å². The predicted molar refractivity (Wildman–Crippen MR) is 50.0 cm³/mol. The van der Waals surface area contributed by atoms with Crippen molar-refractivity contribution in [1.29, 1.82) is 0 Å². The number of nitrogens with zero attached hydrogens (tertiary/aromatic N) is 1. The molecule has 64 valence electrons. The number of hydrogen-bond acceptors (Lipinski definition) is 3. The van der Waals surface area contributed by atoms with Crippen molar-refractivity contribution in [3.8, 4) is 0 Å². The third-order valence-electron chi connectivity index (χ3n) is 1.76. The third-order valence-corrected chi connectivity index (χ3v) is 2.96. The zero-order valence-electron chi connectivity index (χ0n) is 6.77. The highest BCUT2D eigenvalue weighted by atomic mass is 32.2. The Morgan fingerprint density at radius 1 is 1.50 bits per heavy atom. The van der Waals surface area contributed by atoms with Crippen molar-refractivity contribution in [3.05, 3.63) is 30.1 Å². The van der Waals surface area contributed by atoms with Crippen molar-refractivity contribution < 1.29 is 4.74 Å². The molecule has 1 unspecified atom stereocenters. The molecule has 0 aliphatic carbocycles. The van der Waals surface area contributed by atoms with Gasteiger partial charge in [0, 0.05) is 12.8 Å². The zero-order valence-corrected chi connectivity index (χ0v) is 7.59. The van der Waals surface area contributed by atoms with Gasteiger partial charge in [0.05, 0.1) is 5.69 Å². The molecule has 1 aromatic heterocycles. The summed E-state index contributed by atoms with van der Waals surface area (Å²) in [5.41, 5.74) is 1.21. The van der Waals surface area contributed by atoms with Gasteiger partial charge in [0.15, 0.2) is 0 Å². The summed E-state index contributed by atoms with van der Waals surface area (Å²) in [5.74, 6) is 1.18. The Hall–Kier alpha value is -0.540. The highest BCUT2D eigenvalue weighted by molar-refractivity contribution is 7.99. The van der Waals surface area contributed by atoms with Crippen LogP contribution < -0.4 is 0 Å². The van der Waals surface area contributed by atoms with Crippen LogP contribution in [0.3, 0.4) is 0 Å². The van der Waals surface area contributed by atoms with E-state index in [1.165, 1.54) is 5.75 Å². The molecule has 0 amide bonds. The Kier molecular flexibility index (Phi) is 2.64. The third kappa shape index (κ3) is 1.79. The molecule has 1 aromatic rings. The normalized spacial score (nSPS) is 23.8. The van der Waals surface area contributed by atoms with Crippen LogP contribution >= 0.6 is 11.8 Å². The molecule has 12 heavy (non-hydrogen) atoms. The quantitative estimate of drug-likeness (QED) is 0.663. The summed E-state index contributed by atoms with van der Waals surface area (Å²) in [4.78, 5) is 4.26. The standard InChI is InChI=1S/C9H11NOS/c1-2-5-10-8(4-1)9-11-6-3-7-12-9/h1-2,4-5,9H,3,6-7H2. The van der Waals surface area contributed by atoms with Crippen molar-refractivity contribution in [2.24, 2.45) is 0 Å². The van der Waals surface area contributed by atoms with Crippen LogP contribution in [-0.4, -0.2) is 17.3 Å². The number of aromatic nitrogens is 1. The van der Waals surface area contributed by atoms with E-state index in [2.05, 4.69) is 4.98 Å². The number of pyridine rings is 1. The van der Waals surface area contributed by atoms with Gasteiger partial charge >= 0.3 is 0 Å². The molecule has 0 saturated carbocycles. The van der Waals surface area contributed by atoms with E-state index < -0.39 is 0 Å². The molecule has 1 fully saturated rings. The summed E-state index contributed by atoms with van der Waals surface area (Å²) in [7, 11) is 0. The van der Waals surface area contributed by atoms with Crippen molar-refractivity contribution in [3.63, 3.8) is 0 Å². The molecule has 0 aromatic carbocycles. The average molecular weight is 181 g/mol. The summed E-state index contributed by atoms with van der Waals surface area (Å²) in [5, 5.41) is 0. The fraction of sp³-hybridized carbons (Fsp3) is 0.444. The maximum atomic E-state index is 5.56. The van der Waals surface area contributed by atoms with Gasteiger partial charge in [-0.2, -0.15) is 0 Å². The maximum absolute atomic E-state index is 5.56. The SMILES string of the molecule is c1ccc(C2OCCCS2)nc1. The Labute approximate surface area is 76.3 Å². The minimum absolute atomic E-state index is 0.167. The molecular weight excluding hydrogens is 170 g/mol. The van der Waals surface area contributed by atoms with Crippen molar-refractivity contribution in [2.75, 3.05) is 12.4 Å². The first kappa shape index (κ1) is 8.08. The summed E-state index contributed by atoms with van der Waals surface area (Å²) in [6, 6.07) is 5.95. The van der Waals surface area contributed by atoms with Crippen LogP contribution in [0.2, 0.25) is 0 Å². The second-order valence-electron chi connectivity index (χ2n) is 2.68. The molecule has 1 aliphatic rings. The van der Waals surface area contributed by atoms with Gasteiger partial charge in [-0.15, -0.1) is 11.8 Å². The average Bonchev–Trinajstić information content (AvgIpc) is 2.21. The Morgan fingerprint density at radius 3 is 3.17 bits per heavy atom. The van der Waals surface area contributed by atoms with Crippen LogP contribution in [0.15, 0.2) is 24.4 Å². The largest absolute Gasteiger partial charge is 0.361 e. The molecule has 1 atom stereocenters. The minimum atomic E-state index is 0.167. The first-order valence-electron chi connectivity index (χ1n) is 4.11. The van der Waals surface area contributed by atoms with E-state index in [9.17, 15) is 0 Å². The Bertz CT molecular complexity index is 234. The van der Waals surface area contributed by atoms with Gasteiger partial charge in [-0.3, -0.25) is 4.98 Å². The first-order chi connectivity index (χ1) is 5.97. The Balaban J connectivity index is 2.08. The van der Waals surface area contributed by atoms with Gasteiger partial charge in [-0.25, -0.2) is 0 Å². The van der Waals surface area contributed by atoms with Crippen LogP contribution in [-0.2, 0) is 4.74 Å². The second-order valence-corrected chi connectivity index (χ2v) is 3.85. The van der Waals surface area contributed by atoms with E-state index in [0.29, 0.717) is 0 Å². The van der Waals surface area contributed by atoms with Crippen molar-refractivity contribution in [2.45, 2.75) is 11.9 Å². The summed E-state index contributed by atoms with van der Waals surface area (Å²) in [6.45, 7) is 0.869. The predicted octanol–water partition coefficient (Wildman–Crippen LogP) is 2.23. The number of thioether (sulfide) groups is 1.